The van der Waals surface area contributed by atoms with Crippen LogP contribution >= 0.6 is 23.2 Å². The number of hydrogen-bond donors (Lipinski definition) is 2. The van der Waals surface area contributed by atoms with Gasteiger partial charge in [-0.3, -0.25) is 9.59 Å². The van der Waals surface area contributed by atoms with Gasteiger partial charge in [-0.25, -0.2) is 4.39 Å². The molecule has 1 saturated carbocycles. The lowest BCUT2D eigenvalue weighted by Crippen LogP contribution is -2.39. The lowest BCUT2D eigenvalue weighted by molar-refractivity contribution is -0.122. The number of rotatable bonds is 5. The van der Waals surface area contributed by atoms with E-state index in [4.69, 9.17) is 37.8 Å². The number of carbonyl (C=O) groups excluding carboxylic acids is 1. The van der Waals surface area contributed by atoms with Gasteiger partial charge in [-0.1, -0.05) is 53.5 Å². The van der Waals surface area contributed by atoms with Crippen LogP contribution in [0.1, 0.15) is 35.2 Å². The molecule has 0 spiro atoms. The topological polar surface area (TPSA) is 75.6 Å². The summed E-state index contributed by atoms with van der Waals surface area (Å²) in [5, 5.41) is 12.2. The summed E-state index contributed by atoms with van der Waals surface area (Å²) in [5.74, 6) is -0.290. The third kappa shape index (κ3) is 5.46. The fourth-order valence-electron chi connectivity index (χ4n) is 3.23. The van der Waals surface area contributed by atoms with Crippen molar-refractivity contribution in [3.63, 3.8) is 0 Å². The van der Waals surface area contributed by atoms with E-state index in [1.807, 2.05) is 24.3 Å². The van der Waals surface area contributed by atoms with Gasteiger partial charge >= 0.3 is 0 Å². The summed E-state index contributed by atoms with van der Waals surface area (Å²) in [5.41, 5.74) is 0.707. The van der Waals surface area contributed by atoms with Gasteiger partial charge in [0.15, 0.2) is 0 Å². The predicted molar refractivity (Wildman–Crippen MR) is 118 cm³/mol. The molecule has 0 radical (unpaired) electrons. The van der Waals surface area contributed by atoms with Crippen molar-refractivity contribution < 1.29 is 23.8 Å². The van der Waals surface area contributed by atoms with Crippen molar-refractivity contribution in [1.29, 1.82) is 0 Å². The Bertz CT molecular complexity index is 1100. The van der Waals surface area contributed by atoms with Crippen molar-refractivity contribution >= 4 is 46.4 Å². The molecule has 1 fully saturated rings. The van der Waals surface area contributed by atoms with Crippen LogP contribution in [0.5, 0.6) is 5.75 Å². The Labute approximate surface area is 188 Å². The van der Waals surface area contributed by atoms with E-state index in [-0.39, 0.29) is 25.0 Å². The van der Waals surface area contributed by atoms with Crippen molar-refractivity contribution in [3.05, 3.63) is 75.5 Å². The molecule has 0 aromatic heterocycles. The zero-order valence-electron chi connectivity index (χ0n) is 16.4. The Morgan fingerprint density at radius 1 is 1.16 bits per heavy atom. The second kappa shape index (κ2) is 10.5. The van der Waals surface area contributed by atoms with E-state index in [1.54, 1.807) is 18.2 Å². The molecular formula is C23H20Cl2FNO4. The first-order valence-corrected chi connectivity index (χ1v) is 10.4. The maximum Gasteiger partial charge on any atom is 0.290 e. The molecule has 0 aliphatic heterocycles. The van der Waals surface area contributed by atoms with E-state index >= 15 is 0 Å². The second-order valence-electron chi connectivity index (χ2n) is 7.01. The molecule has 1 amide bonds. The molecule has 5 nitrogen and oxygen atoms in total. The molecule has 8 heteroatoms. The quantitative estimate of drug-likeness (QED) is 0.465. The van der Waals surface area contributed by atoms with E-state index < -0.39 is 5.82 Å². The van der Waals surface area contributed by atoms with E-state index in [1.165, 1.54) is 6.07 Å². The van der Waals surface area contributed by atoms with Gasteiger partial charge in [0, 0.05) is 32.4 Å². The van der Waals surface area contributed by atoms with Crippen LogP contribution in [-0.4, -0.2) is 23.5 Å². The number of nitrogens with one attached hydrogen (secondary N) is 1. The van der Waals surface area contributed by atoms with Crippen LogP contribution in [0.3, 0.4) is 0 Å². The smallest absolute Gasteiger partial charge is 0.290 e. The Morgan fingerprint density at radius 2 is 1.84 bits per heavy atom. The lowest BCUT2D eigenvalue weighted by atomic mass is 9.92. The zero-order valence-corrected chi connectivity index (χ0v) is 17.9. The third-order valence-corrected chi connectivity index (χ3v) is 5.56. The maximum absolute atomic E-state index is 14.2. The Kier molecular flexibility index (Phi) is 7.71. The van der Waals surface area contributed by atoms with Crippen LogP contribution in [0, 0.1) is 5.82 Å². The molecule has 0 atom stereocenters. The summed E-state index contributed by atoms with van der Waals surface area (Å²) in [6.07, 6.45) is 3.06. The highest BCUT2D eigenvalue weighted by atomic mass is 35.5. The van der Waals surface area contributed by atoms with Crippen molar-refractivity contribution in [2.24, 2.45) is 0 Å². The van der Waals surface area contributed by atoms with E-state index in [0.29, 0.717) is 32.3 Å². The van der Waals surface area contributed by atoms with Gasteiger partial charge in [-0.15, -0.1) is 0 Å². The Morgan fingerprint density at radius 3 is 2.45 bits per heavy atom. The number of benzene rings is 3. The minimum Gasteiger partial charge on any atom is -0.487 e. The average molecular weight is 464 g/mol. The van der Waals surface area contributed by atoms with Gasteiger partial charge < -0.3 is 15.2 Å². The molecule has 0 heterocycles. The fourth-order valence-corrected chi connectivity index (χ4v) is 3.67. The molecule has 0 unspecified atom stereocenters. The van der Waals surface area contributed by atoms with Gasteiger partial charge in [0.05, 0.1) is 5.56 Å². The van der Waals surface area contributed by atoms with Gasteiger partial charge in [-0.05, 0) is 37.5 Å². The molecule has 0 bridgehead atoms. The molecule has 4 rings (SSSR count). The molecule has 3 aromatic carbocycles. The van der Waals surface area contributed by atoms with Crippen molar-refractivity contribution in [2.75, 3.05) is 0 Å². The predicted octanol–water partition coefficient (Wildman–Crippen LogP) is 5.85. The van der Waals surface area contributed by atoms with Crippen LogP contribution < -0.4 is 10.1 Å². The van der Waals surface area contributed by atoms with Gasteiger partial charge in [0.2, 0.25) is 0 Å². The van der Waals surface area contributed by atoms with Crippen LogP contribution in [0.4, 0.5) is 4.39 Å². The first kappa shape index (κ1) is 22.8. The van der Waals surface area contributed by atoms with Crippen LogP contribution in [-0.2, 0) is 11.4 Å². The molecule has 0 saturated heterocycles. The van der Waals surface area contributed by atoms with E-state index in [2.05, 4.69) is 5.32 Å². The summed E-state index contributed by atoms with van der Waals surface area (Å²) in [4.78, 5) is 21.2. The second-order valence-corrected chi connectivity index (χ2v) is 7.86. The number of carbonyl (C=O) groups is 2. The highest BCUT2D eigenvalue weighted by Crippen LogP contribution is 2.36. The van der Waals surface area contributed by atoms with Crippen LogP contribution in [0.25, 0.3) is 10.8 Å². The largest absolute Gasteiger partial charge is 0.487 e. The maximum atomic E-state index is 14.2. The van der Waals surface area contributed by atoms with Crippen molar-refractivity contribution in [1.82, 2.24) is 5.32 Å². The number of ether oxygens (including phenoxy) is 1. The minimum atomic E-state index is -0.453. The molecule has 162 valence electrons. The number of hydrogen-bond acceptors (Lipinski definition) is 3. The van der Waals surface area contributed by atoms with Gasteiger partial charge in [-0.2, -0.15) is 0 Å². The first-order chi connectivity index (χ1) is 14.9. The van der Waals surface area contributed by atoms with E-state index in [0.717, 1.165) is 24.6 Å². The summed E-state index contributed by atoms with van der Waals surface area (Å²) in [6.45, 7) is -0.279. The molecule has 1 aliphatic carbocycles. The fraction of sp³-hybridized carbons (Fsp3) is 0.217. The number of carboxylic acid groups (broad SMARTS) is 1. The summed E-state index contributed by atoms with van der Waals surface area (Å²) in [7, 11) is 0. The van der Waals surface area contributed by atoms with Crippen LogP contribution in [0.2, 0.25) is 10.0 Å². The minimum absolute atomic E-state index is 0.0294. The van der Waals surface area contributed by atoms with Crippen molar-refractivity contribution in [2.45, 2.75) is 31.9 Å². The normalized spacial score (nSPS) is 13.0. The molecule has 3 aromatic rings. The van der Waals surface area contributed by atoms with E-state index in [9.17, 15) is 9.18 Å². The SMILES string of the molecule is O=C(NC1CCC1)c1cc(Cl)c2ccccc2c1OCc1ccc(Cl)cc1F.O=CO. The first-order valence-electron chi connectivity index (χ1n) is 9.61. The third-order valence-electron chi connectivity index (χ3n) is 5.02. The monoisotopic (exact) mass is 463 g/mol. The summed E-state index contributed by atoms with van der Waals surface area (Å²) >= 11 is 12.2. The average Bonchev–Trinajstić information content (AvgIpc) is 2.71. The van der Waals surface area contributed by atoms with Gasteiger partial charge in [0.25, 0.3) is 12.4 Å². The standard InChI is InChI=1S/C22H18Cl2FNO2.CH2O2/c23-14-9-8-13(20(25)10-14)12-28-21-17-7-2-1-6-16(17)19(24)11-18(21)22(27)26-15-4-3-5-15;2-1-3/h1-2,6-11,15H,3-5,12H2,(H,26,27);1H,(H,2,3). The summed E-state index contributed by atoms with van der Waals surface area (Å²) in [6, 6.07) is 13.6. The summed E-state index contributed by atoms with van der Waals surface area (Å²) < 4.78 is 20.1. The molecule has 2 N–H and O–H groups in total. The highest BCUT2D eigenvalue weighted by Gasteiger charge is 2.24. The molecule has 1 aliphatic rings. The Balaban J connectivity index is 0.000000858. The van der Waals surface area contributed by atoms with Gasteiger partial charge in [0.1, 0.15) is 18.2 Å². The van der Waals surface area contributed by atoms with Crippen molar-refractivity contribution in [3.8, 4) is 5.75 Å². The molecular weight excluding hydrogens is 444 g/mol. The Hall–Kier alpha value is -2.83. The van der Waals surface area contributed by atoms with Crippen LogP contribution in [0.15, 0.2) is 48.5 Å². The number of halogens is 3. The zero-order chi connectivity index (χ0) is 22.4. The lowest BCUT2D eigenvalue weighted by Gasteiger charge is -2.27. The number of amides is 1. The number of fused-ring (bicyclic) bond motifs is 1. The highest BCUT2D eigenvalue weighted by molar-refractivity contribution is 6.36. The molecule has 31 heavy (non-hydrogen) atoms.